The van der Waals surface area contributed by atoms with E-state index >= 15 is 0 Å². The van der Waals surface area contributed by atoms with E-state index in [4.69, 9.17) is 0 Å². The van der Waals surface area contributed by atoms with E-state index in [0.29, 0.717) is 17.2 Å². The van der Waals surface area contributed by atoms with Crippen molar-refractivity contribution in [3.8, 4) is 16.8 Å². The maximum atomic E-state index is 13.6. The van der Waals surface area contributed by atoms with Crippen molar-refractivity contribution >= 4 is 5.91 Å². The third kappa shape index (κ3) is 5.54. The Labute approximate surface area is 223 Å². The minimum Gasteiger partial charge on any atom is -0.337 e. The zero-order chi connectivity index (χ0) is 26.9. The Morgan fingerprint density at radius 3 is 2.18 bits per heavy atom. The van der Waals surface area contributed by atoms with Gasteiger partial charge >= 0.3 is 0 Å². The molecule has 0 aliphatic carbocycles. The summed E-state index contributed by atoms with van der Waals surface area (Å²) in [5.41, 5.74) is 5.50. The van der Waals surface area contributed by atoms with Gasteiger partial charge in [0.2, 0.25) is 0 Å². The summed E-state index contributed by atoms with van der Waals surface area (Å²) >= 11 is 0. The van der Waals surface area contributed by atoms with Gasteiger partial charge in [-0.1, -0.05) is 63.2 Å². The van der Waals surface area contributed by atoms with Gasteiger partial charge in [0.15, 0.2) is 11.6 Å². The molecule has 0 saturated carbocycles. The van der Waals surface area contributed by atoms with E-state index in [0.717, 1.165) is 49.7 Å². The Kier molecular flexibility index (Phi) is 7.15. The number of hydrogen-bond donors (Lipinski definition) is 0. The number of hydrogen-bond acceptors (Lipinski definition) is 2. The molecule has 0 spiro atoms. The predicted octanol–water partition coefficient (Wildman–Crippen LogP) is 7.21. The lowest BCUT2D eigenvalue weighted by molar-refractivity contribution is 0.0682. The molecule has 1 aliphatic rings. The number of nitrogens with zero attached hydrogens (tertiary/aromatic N) is 3. The molecule has 0 unspecified atom stereocenters. The first kappa shape index (κ1) is 25.8. The topological polar surface area (TPSA) is 38.1 Å². The summed E-state index contributed by atoms with van der Waals surface area (Å²) in [5, 5.41) is 0. The monoisotopic (exact) mass is 513 g/mol. The first-order valence-corrected chi connectivity index (χ1v) is 13.2. The predicted molar refractivity (Wildman–Crippen MR) is 146 cm³/mol. The van der Waals surface area contributed by atoms with E-state index < -0.39 is 11.6 Å². The highest BCUT2D eigenvalue weighted by molar-refractivity contribution is 5.93. The van der Waals surface area contributed by atoms with E-state index in [2.05, 4.69) is 50.0 Å². The van der Waals surface area contributed by atoms with Crippen molar-refractivity contribution in [3.05, 3.63) is 108 Å². The summed E-state index contributed by atoms with van der Waals surface area (Å²) in [6, 6.07) is 20.2. The van der Waals surface area contributed by atoms with E-state index in [-0.39, 0.29) is 11.3 Å². The Morgan fingerprint density at radius 1 is 0.895 bits per heavy atom. The van der Waals surface area contributed by atoms with Gasteiger partial charge in [0, 0.05) is 18.8 Å². The third-order valence-electron chi connectivity index (χ3n) is 7.50. The van der Waals surface area contributed by atoms with Crippen LogP contribution in [0.3, 0.4) is 0 Å². The smallest absolute Gasteiger partial charge is 0.272 e. The van der Waals surface area contributed by atoms with Gasteiger partial charge in [-0.2, -0.15) is 0 Å². The highest BCUT2D eigenvalue weighted by Crippen LogP contribution is 2.27. The fourth-order valence-corrected chi connectivity index (χ4v) is 5.13. The molecule has 4 nitrogen and oxygen atoms in total. The summed E-state index contributed by atoms with van der Waals surface area (Å²) in [6.45, 7) is 8.14. The summed E-state index contributed by atoms with van der Waals surface area (Å²) in [6.07, 6.45) is 6.23. The van der Waals surface area contributed by atoms with Crippen LogP contribution in [0.2, 0.25) is 0 Å². The van der Waals surface area contributed by atoms with Crippen LogP contribution in [-0.2, 0) is 11.8 Å². The molecule has 0 atom stereocenters. The number of halogens is 2. The molecule has 1 aromatic heterocycles. The Hall–Kier alpha value is -3.80. The van der Waals surface area contributed by atoms with Crippen molar-refractivity contribution in [3.63, 3.8) is 0 Å². The second kappa shape index (κ2) is 10.5. The molecular weight excluding hydrogens is 480 g/mol. The van der Waals surface area contributed by atoms with Gasteiger partial charge in [-0.15, -0.1) is 0 Å². The summed E-state index contributed by atoms with van der Waals surface area (Å²) < 4.78 is 28.7. The van der Waals surface area contributed by atoms with Gasteiger partial charge in [-0.3, -0.25) is 9.36 Å². The fourth-order valence-electron chi connectivity index (χ4n) is 5.13. The van der Waals surface area contributed by atoms with Crippen molar-refractivity contribution < 1.29 is 13.6 Å². The number of aromatic nitrogens is 2. The lowest BCUT2D eigenvalue weighted by Gasteiger charge is -2.32. The standard InChI is InChI=1S/C32H33F2N3O/c1-32(2,3)26-9-4-22(5-10-26)18-23-14-16-36(17-15-23)31(38)30-20-35-21-37(30)27-11-6-24(7-12-27)25-8-13-28(33)29(34)19-25/h4-13,19-21,23H,14-18H2,1-3H3. The number of likely N-dealkylation sites (tertiary alicyclic amines) is 1. The SMILES string of the molecule is CC(C)(C)c1ccc(CC2CCN(C(=O)c3cncn3-c3ccc(-c4ccc(F)c(F)c4)cc3)CC2)cc1. The summed E-state index contributed by atoms with van der Waals surface area (Å²) in [4.78, 5) is 19.6. The summed E-state index contributed by atoms with van der Waals surface area (Å²) in [7, 11) is 0. The molecule has 2 heterocycles. The number of benzene rings is 3. The number of carbonyl (C=O) groups excluding carboxylic acids is 1. The third-order valence-corrected chi connectivity index (χ3v) is 7.50. The molecular formula is C32H33F2N3O. The average Bonchev–Trinajstić information content (AvgIpc) is 3.40. The molecule has 5 rings (SSSR count). The Bertz CT molecular complexity index is 1410. The van der Waals surface area contributed by atoms with Crippen molar-refractivity contribution in [2.24, 2.45) is 5.92 Å². The lowest BCUT2D eigenvalue weighted by Crippen LogP contribution is -2.39. The van der Waals surface area contributed by atoms with Gasteiger partial charge < -0.3 is 4.90 Å². The van der Waals surface area contributed by atoms with Gasteiger partial charge in [0.1, 0.15) is 5.69 Å². The van der Waals surface area contributed by atoms with Crippen LogP contribution < -0.4 is 0 Å². The molecule has 1 fully saturated rings. The zero-order valence-corrected chi connectivity index (χ0v) is 22.1. The highest BCUT2D eigenvalue weighted by Gasteiger charge is 2.26. The fraction of sp³-hybridized carbons (Fsp3) is 0.312. The van der Waals surface area contributed by atoms with Crippen molar-refractivity contribution in [1.29, 1.82) is 0 Å². The second-order valence-corrected chi connectivity index (χ2v) is 11.2. The maximum absolute atomic E-state index is 13.6. The molecule has 4 aromatic rings. The number of piperidine rings is 1. The van der Waals surface area contributed by atoms with Crippen LogP contribution >= 0.6 is 0 Å². The molecule has 0 radical (unpaired) electrons. The van der Waals surface area contributed by atoms with Gasteiger partial charge in [0.05, 0.1) is 12.5 Å². The van der Waals surface area contributed by atoms with Gasteiger partial charge in [0.25, 0.3) is 5.91 Å². The van der Waals surface area contributed by atoms with E-state index in [1.807, 2.05) is 29.2 Å². The molecule has 0 bridgehead atoms. The van der Waals surface area contributed by atoms with Crippen molar-refractivity contribution in [2.75, 3.05) is 13.1 Å². The van der Waals surface area contributed by atoms with E-state index in [9.17, 15) is 13.6 Å². The largest absolute Gasteiger partial charge is 0.337 e. The zero-order valence-electron chi connectivity index (χ0n) is 22.1. The van der Waals surface area contributed by atoms with Crippen molar-refractivity contribution in [1.82, 2.24) is 14.5 Å². The van der Waals surface area contributed by atoms with Crippen LogP contribution in [0.5, 0.6) is 0 Å². The van der Waals surface area contributed by atoms with Crippen LogP contribution in [-0.4, -0.2) is 33.4 Å². The van der Waals surface area contributed by atoms with Crippen LogP contribution in [0, 0.1) is 17.6 Å². The molecule has 1 saturated heterocycles. The molecule has 3 aromatic carbocycles. The van der Waals surface area contributed by atoms with Gasteiger partial charge in [-0.05, 0) is 77.1 Å². The molecule has 6 heteroatoms. The average molecular weight is 514 g/mol. The normalized spacial score (nSPS) is 14.6. The van der Waals surface area contributed by atoms with E-state index in [1.165, 1.54) is 17.2 Å². The Morgan fingerprint density at radius 2 is 1.55 bits per heavy atom. The number of rotatable bonds is 5. The molecule has 38 heavy (non-hydrogen) atoms. The van der Waals surface area contributed by atoms with Crippen molar-refractivity contribution in [2.45, 2.75) is 45.4 Å². The molecule has 1 amide bonds. The highest BCUT2D eigenvalue weighted by atomic mass is 19.2. The molecule has 1 aliphatic heterocycles. The first-order valence-electron chi connectivity index (χ1n) is 13.2. The van der Waals surface area contributed by atoms with E-state index in [1.54, 1.807) is 23.2 Å². The maximum Gasteiger partial charge on any atom is 0.272 e. The minimum absolute atomic E-state index is 0.0276. The van der Waals surface area contributed by atoms with Crippen LogP contribution in [0.15, 0.2) is 79.3 Å². The number of imidazole rings is 1. The molecule has 196 valence electrons. The first-order chi connectivity index (χ1) is 18.2. The summed E-state index contributed by atoms with van der Waals surface area (Å²) in [5.74, 6) is -1.21. The quantitative estimate of drug-likeness (QED) is 0.283. The van der Waals surface area contributed by atoms with Crippen LogP contribution in [0.4, 0.5) is 8.78 Å². The van der Waals surface area contributed by atoms with Gasteiger partial charge in [-0.25, -0.2) is 13.8 Å². The van der Waals surface area contributed by atoms with Crippen LogP contribution in [0.25, 0.3) is 16.8 Å². The molecule has 0 N–H and O–H groups in total. The second-order valence-electron chi connectivity index (χ2n) is 11.2. The number of carbonyl (C=O) groups is 1. The Balaban J connectivity index is 1.22. The number of amides is 1. The minimum atomic E-state index is -0.878. The van der Waals surface area contributed by atoms with Crippen LogP contribution in [0.1, 0.15) is 55.2 Å². The lowest BCUT2D eigenvalue weighted by atomic mass is 9.85.